The van der Waals surface area contributed by atoms with Crippen molar-refractivity contribution < 1.29 is 13.5 Å². The number of halogens is 1. The third kappa shape index (κ3) is 2.97. The maximum Gasteiger partial charge on any atom is 0.244 e. The lowest BCUT2D eigenvalue weighted by atomic mass is 9.46. The Balaban J connectivity index is 1.65. The van der Waals surface area contributed by atoms with Gasteiger partial charge in [0.05, 0.1) is 22.6 Å². The number of sulfonamides is 1. The van der Waals surface area contributed by atoms with Crippen molar-refractivity contribution in [2.75, 3.05) is 6.26 Å². The molecule has 0 aromatic heterocycles. The average molecular weight is 429 g/mol. The van der Waals surface area contributed by atoms with Crippen LogP contribution < -0.4 is 4.83 Å². The van der Waals surface area contributed by atoms with Crippen LogP contribution in [0.15, 0.2) is 15.7 Å². The second-order valence-electron chi connectivity index (χ2n) is 10.3. The molecule has 2 N–H and O–H groups in total. The van der Waals surface area contributed by atoms with Gasteiger partial charge in [-0.05, 0) is 92.4 Å². The highest BCUT2D eigenvalue weighted by molar-refractivity contribution is 7.88. The van der Waals surface area contributed by atoms with Crippen LogP contribution in [-0.2, 0) is 10.0 Å². The Morgan fingerprint density at radius 3 is 2.43 bits per heavy atom. The van der Waals surface area contributed by atoms with Crippen LogP contribution in [0.4, 0.5) is 0 Å². The molecule has 28 heavy (non-hydrogen) atoms. The van der Waals surface area contributed by atoms with Gasteiger partial charge in [-0.15, -0.1) is 0 Å². The molecule has 3 saturated carbocycles. The molecule has 4 aliphatic rings. The average Bonchev–Trinajstić information content (AvgIpc) is 2.83. The number of aliphatic hydroxyl groups is 1. The molecule has 6 atom stereocenters. The van der Waals surface area contributed by atoms with Gasteiger partial charge in [0.25, 0.3) is 0 Å². The molecule has 4 rings (SSSR count). The van der Waals surface area contributed by atoms with Gasteiger partial charge in [-0.1, -0.05) is 25.4 Å². The molecule has 0 spiro atoms. The van der Waals surface area contributed by atoms with Crippen molar-refractivity contribution in [3.8, 4) is 0 Å². The lowest BCUT2D eigenvalue weighted by Crippen LogP contribution is -2.54. The van der Waals surface area contributed by atoms with Crippen LogP contribution in [0.5, 0.6) is 0 Å². The first-order valence-electron chi connectivity index (χ1n) is 10.5. The predicted molar refractivity (Wildman–Crippen MR) is 113 cm³/mol. The van der Waals surface area contributed by atoms with E-state index < -0.39 is 15.6 Å². The van der Waals surface area contributed by atoms with E-state index in [0.29, 0.717) is 34.9 Å². The van der Waals surface area contributed by atoms with Crippen molar-refractivity contribution >= 4 is 27.3 Å². The van der Waals surface area contributed by atoms with Crippen LogP contribution in [0.3, 0.4) is 0 Å². The molecular weight excluding hydrogens is 396 g/mol. The van der Waals surface area contributed by atoms with E-state index in [-0.39, 0.29) is 10.8 Å². The van der Waals surface area contributed by atoms with Crippen molar-refractivity contribution in [1.29, 1.82) is 0 Å². The van der Waals surface area contributed by atoms with Crippen LogP contribution in [0.1, 0.15) is 72.1 Å². The molecule has 0 saturated heterocycles. The fourth-order valence-electron chi connectivity index (χ4n) is 7.15. The van der Waals surface area contributed by atoms with Crippen molar-refractivity contribution in [3.05, 3.63) is 10.6 Å². The molecule has 0 bridgehead atoms. The number of hydrazone groups is 1. The molecule has 7 heteroatoms. The molecule has 4 aliphatic carbocycles. The summed E-state index contributed by atoms with van der Waals surface area (Å²) in [5.41, 5.74) is 1.46. The molecule has 0 amide bonds. The predicted octanol–water partition coefficient (Wildman–Crippen LogP) is 4.17. The molecular formula is C21H33ClN2O3S. The second kappa shape index (κ2) is 6.45. The molecule has 0 aliphatic heterocycles. The Bertz CT molecular complexity index is 850. The Morgan fingerprint density at radius 1 is 1.07 bits per heavy atom. The van der Waals surface area contributed by atoms with Crippen molar-refractivity contribution in [3.63, 3.8) is 0 Å². The van der Waals surface area contributed by atoms with E-state index in [2.05, 4.69) is 23.8 Å². The van der Waals surface area contributed by atoms with Crippen LogP contribution in [-0.4, -0.2) is 31.1 Å². The highest BCUT2D eigenvalue weighted by Crippen LogP contribution is 2.67. The molecule has 3 fully saturated rings. The zero-order valence-electron chi connectivity index (χ0n) is 17.4. The quantitative estimate of drug-likeness (QED) is 0.647. The SMILES string of the molecule is C[C@]12CC/C(=N\NS(C)(=O)=O)C(Cl)=C1CC[C@@H]1[C@@H]2CC[C@@]2(C)[C@H]1CC[C@]2(C)O. The summed E-state index contributed by atoms with van der Waals surface area (Å²) >= 11 is 6.76. The summed E-state index contributed by atoms with van der Waals surface area (Å²) in [5.74, 6) is 1.81. The van der Waals surface area contributed by atoms with E-state index in [0.717, 1.165) is 51.2 Å². The third-order valence-corrected chi connectivity index (χ3v) is 9.85. The number of nitrogens with one attached hydrogen (secondary N) is 1. The molecule has 0 heterocycles. The summed E-state index contributed by atoms with van der Waals surface area (Å²) < 4.78 is 22.8. The van der Waals surface area contributed by atoms with Gasteiger partial charge in [0.15, 0.2) is 0 Å². The highest BCUT2D eigenvalue weighted by Gasteiger charge is 2.62. The minimum absolute atomic E-state index is 0.0240. The van der Waals surface area contributed by atoms with E-state index >= 15 is 0 Å². The Labute approximate surface area is 174 Å². The molecule has 0 aromatic carbocycles. The van der Waals surface area contributed by atoms with Crippen molar-refractivity contribution in [2.45, 2.75) is 77.7 Å². The van der Waals surface area contributed by atoms with Gasteiger partial charge in [0.1, 0.15) is 0 Å². The smallest absolute Gasteiger partial charge is 0.244 e. The standard InChI is InChI=1S/C21H33ClN2O3S/c1-19-10-9-17(23-24-28(4,26)27)18(22)16(19)6-5-13-14(19)7-11-20(2)15(13)8-12-21(20,3)25/h13-15,24-25H,5-12H2,1-4H3/b23-17+/t13-,14+,15+,19-,20+,21+/m1/s1. The summed E-state index contributed by atoms with van der Waals surface area (Å²) in [7, 11) is -3.38. The Hall–Kier alpha value is -0.590. The first-order chi connectivity index (χ1) is 12.9. The fourth-order valence-corrected chi connectivity index (χ4v) is 7.87. The molecule has 0 aromatic rings. The first kappa shape index (κ1) is 20.7. The monoisotopic (exact) mass is 428 g/mol. The number of allylic oxidation sites excluding steroid dienone is 2. The van der Waals surface area contributed by atoms with E-state index in [1.165, 1.54) is 5.57 Å². The topological polar surface area (TPSA) is 78.8 Å². The fraction of sp³-hybridized carbons (Fsp3) is 0.857. The Morgan fingerprint density at radius 2 is 1.75 bits per heavy atom. The molecule has 0 unspecified atom stereocenters. The largest absolute Gasteiger partial charge is 0.390 e. The zero-order chi connectivity index (χ0) is 20.5. The molecule has 158 valence electrons. The normalized spacial score (nSPS) is 47.5. The van der Waals surface area contributed by atoms with E-state index in [4.69, 9.17) is 11.6 Å². The van der Waals surface area contributed by atoms with Crippen LogP contribution >= 0.6 is 11.6 Å². The summed E-state index contributed by atoms with van der Waals surface area (Å²) in [6, 6.07) is 0. The maximum absolute atomic E-state index is 11.4. The van der Waals surface area contributed by atoms with Gasteiger partial charge in [-0.2, -0.15) is 5.10 Å². The van der Waals surface area contributed by atoms with E-state index in [1.54, 1.807) is 0 Å². The zero-order valence-corrected chi connectivity index (χ0v) is 19.0. The number of nitrogens with zero attached hydrogens (tertiary/aromatic N) is 1. The lowest BCUT2D eigenvalue weighted by molar-refractivity contribution is -0.117. The van der Waals surface area contributed by atoms with E-state index in [9.17, 15) is 13.5 Å². The van der Waals surface area contributed by atoms with Crippen LogP contribution in [0.2, 0.25) is 0 Å². The number of hydrogen-bond donors (Lipinski definition) is 2. The van der Waals surface area contributed by atoms with Gasteiger partial charge in [-0.25, -0.2) is 13.2 Å². The van der Waals surface area contributed by atoms with Gasteiger partial charge in [0.2, 0.25) is 10.0 Å². The minimum atomic E-state index is -3.38. The van der Waals surface area contributed by atoms with Gasteiger partial charge in [0, 0.05) is 0 Å². The van der Waals surface area contributed by atoms with Crippen molar-refractivity contribution in [1.82, 2.24) is 4.83 Å². The summed E-state index contributed by atoms with van der Waals surface area (Å²) in [6.07, 6.45) is 9.05. The van der Waals surface area contributed by atoms with Gasteiger partial charge in [-0.3, -0.25) is 0 Å². The number of rotatable bonds is 2. The highest BCUT2D eigenvalue weighted by atomic mass is 35.5. The van der Waals surface area contributed by atoms with Gasteiger partial charge >= 0.3 is 0 Å². The summed E-state index contributed by atoms with van der Waals surface area (Å²) in [5, 5.41) is 15.8. The van der Waals surface area contributed by atoms with Crippen LogP contribution in [0, 0.1) is 28.6 Å². The molecule has 0 radical (unpaired) electrons. The second-order valence-corrected chi connectivity index (χ2v) is 12.4. The Kier molecular flexibility index (Phi) is 4.76. The minimum Gasteiger partial charge on any atom is -0.390 e. The third-order valence-electron chi connectivity index (χ3n) is 8.98. The lowest BCUT2D eigenvalue weighted by Gasteiger charge is -2.59. The summed E-state index contributed by atoms with van der Waals surface area (Å²) in [4.78, 5) is 2.24. The maximum atomic E-state index is 11.4. The first-order valence-corrected chi connectivity index (χ1v) is 12.8. The van der Waals surface area contributed by atoms with Gasteiger partial charge < -0.3 is 5.11 Å². The van der Waals surface area contributed by atoms with Crippen LogP contribution in [0.25, 0.3) is 0 Å². The van der Waals surface area contributed by atoms with E-state index in [1.807, 2.05) is 6.92 Å². The number of hydrogen-bond acceptors (Lipinski definition) is 4. The molecule has 5 nitrogen and oxygen atoms in total. The van der Waals surface area contributed by atoms with Crippen molar-refractivity contribution in [2.24, 2.45) is 33.7 Å². The number of fused-ring (bicyclic) bond motifs is 5. The summed E-state index contributed by atoms with van der Waals surface area (Å²) in [6.45, 7) is 6.71.